The van der Waals surface area contributed by atoms with Gasteiger partial charge in [-0.05, 0) is 37.3 Å². The third-order valence-electron chi connectivity index (χ3n) is 4.55. The van der Waals surface area contributed by atoms with Gasteiger partial charge in [0.2, 0.25) is 5.91 Å². The standard InChI is InChI=1S/C20H15N3O4S/c1-2-22-16-9-8-15(13-4-3-5-14(19(13)16)20(22)25)21-17(24)10-6-12-7-11-18(28-12)23(26)27/h3-11H,2H2,1H3,(H,21,24)/b10-6+. The van der Waals surface area contributed by atoms with Crippen LogP contribution in [0.5, 0.6) is 0 Å². The first-order valence-corrected chi connectivity index (χ1v) is 9.42. The third-order valence-corrected chi connectivity index (χ3v) is 5.55. The van der Waals surface area contributed by atoms with E-state index in [9.17, 15) is 19.7 Å². The number of anilines is 2. The van der Waals surface area contributed by atoms with E-state index in [0.29, 0.717) is 22.7 Å². The predicted molar refractivity (Wildman–Crippen MR) is 110 cm³/mol. The van der Waals surface area contributed by atoms with E-state index < -0.39 is 4.92 Å². The van der Waals surface area contributed by atoms with Crippen molar-refractivity contribution in [1.82, 2.24) is 0 Å². The van der Waals surface area contributed by atoms with Crippen molar-refractivity contribution < 1.29 is 14.5 Å². The summed E-state index contributed by atoms with van der Waals surface area (Å²) in [5.41, 5.74) is 2.09. The fourth-order valence-corrected chi connectivity index (χ4v) is 4.06. The molecule has 0 bridgehead atoms. The van der Waals surface area contributed by atoms with E-state index in [2.05, 4.69) is 5.32 Å². The molecule has 1 N–H and O–H groups in total. The molecule has 0 radical (unpaired) electrons. The lowest BCUT2D eigenvalue weighted by Crippen LogP contribution is -2.25. The SMILES string of the molecule is CCN1C(=O)c2cccc3c(NC(=O)/C=C/c4ccc([N+](=O)[O-])s4)ccc1c23. The molecule has 140 valence electrons. The second-order valence-corrected chi connectivity index (χ2v) is 7.26. The van der Waals surface area contributed by atoms with E-state index in [4.69, 9.17) is 0 Å². The first-order chi connectivity index (χ1) is 13.5. The van der Waals surface area contributed by atoms with Crippen LogP contribution in [0.25, 0.3) is 16.8 Å². The predicted octanol–water partition coefficient (Wildman–Crippen LogP) is 4.44. The van der Waals surface area contributed by atoms with Gasteiger partial charge in [0.25, 0.3) is 5.91 Å². The minimum absolute atomic E-state index is 0.0257. The molecule has 0 aliphatic carbocycles. The molecule has 2 amide bonds. The van der Waals surface area contributed by atoms with Gasteiger partial charge in [-0.2, -0.15) is 0 Å². The van der Waals surface area contributed by atoms with E-state index in [1.165, 1.54) is 18.2 Å². The first kappa shape index (κ1) is 17.9. The molecule has 8 heteroatoms. The van der Waals surface area contributed by atoms with E-state index in [1.54, 1.807) is 29.2 Å². The van der Waals surface area contributed by atoms with Crippen molar-refractivity contribution in [3.05, 3.63) is 69.1 Å². The highest BCUT2D eigenvalue weighted by Crippen LogP contribution is 2.40. The number of nitrogens with zero attached hydrogens (tertiary/aromatic N) is 2. The summed E-state index contributed by atoms with van der Waals surface area (Å²) >= 11 is 0.998. The number of carbonyl (C=O) groups is 2. The number of benzene rings is 2. The van der Waals surface area contributed by atoms with Crippen LogP contribution in [0.4, 0.5) is 16.4 Å². The maximum Gasteiger partial charge on any atom is 0.324 e. The van der Waals surface area contributed by atoms with E-state index in [0.717, 1.165) is 27.8 Å². The zero-order chi connectivity index (χ0) is 19.8. The molecule has 0 spiro atoms. The summed E-state index contributed by atoms with van der Waals surface area (Å²) in [7, 11) is 0. The average Bonchev–Trinajstić information content (AvgIpc) is 3.27. The second kappa shape index (κ2) is 6.90. The number of amides is 2. The Morgan fingerprint density at radius 1 is 1.25 bits per heavy atom. The molecule has 0 atom stereocenters. The molecular formula is C20H15N3O4S. The highest BCUT2D eigenvalue weighted by molar-refractivity contribution is 7.16. The Labute approximate surface area is 164 Å². The lowest BCUT2D eigenvalue weighted by Gasteiger charge is -2.15. The second-order valence-electron chi connectivity index (χ2n) is 6.17. The minimum atomic E-state index is -0.463. The molecule has 1 aromatic heterocycles. The summed E-state index contributed by atoms with van der Waals surface area (Å²) in [4.78, 5) is 37.5. The Bertz CT molecular complexity index is 1170. The number of carbonyl (C=O) groups excluding carboxylic acids is 2. The highest BCUT2D eigenvalue weighted by Gasteiger charge is 2.29. The zero-order valence-corrected chi connectivity index (χ0v) is 15.7. The summed E-state index contributed by atoms with van der Waals surface area (Å²) < 4.78 is 0. The molecule has 0 saturated carbocycles. The summed E-state index contributed by atoms with van der Waals surface area (Å²) in [6.07, 6.45) is 2.87. The molecule has 3 aromatic rings. The molecule has 1 aliphatic heterocycles. The van der Waals surface area contributed by atoms with Crippen molar-refractivity contribution in [3.63, 3.8) is 0 Å². The van der Waals surface area contributed by atoms with Crippen LogP contribution in [0.3, 0.4) is 0 Å². The molecule has 2 heterocycles. The fraction of sp³-hybridized carbons (Fsp3) is 0.100. The molecule has 1 aliphatic rings. The fourth-order valence-electron chi connectivity index (χ4n) is 3.33. The van der Waals surface area contributed by atoms with Crippen LogP contribution in [0, 0.1) is 10.1 Å². The summed E-state index contributed by atoms with van der Waals surface area (Å²) in [5.74, 6) is -0.390. The van der Waals surface area contributed by atoms with E-state index in [-0.39, 0.29) is 16.8 Å². The molecule has 28 heavy (non-hydrogen) atoms. The number of nitrogens with one attached hydrogen (secondary N) is 1. The van der Waals surface area contributed by atoms with Crippen LogP contribution >= 0.6 is 11.3 Å². The number of thiophene rings is 1. The Hall–Kier alpha value is -3.52. The van der Waals surface area contributed by atoms with E-state index >= 15 is 0 Å². The smallest absolute Gasteiger partial charge is 0.322 e. The van der Waals surface area contributed by atoms with Crippen molar-refractivity contribution in [2.45, 2.75) is 6.92 Å². The van der Waals surface area contributed by atoms with Crippen molar-refractivity contribution in [2.24, 2.45) is 0 Å². The molecule has 0 fully saturated rings. The monoisotopic (exact) mass is 393 g/mol. The summed E-state index contributed by atoms with van der Waals surface area (Å²) in [6.45, 7) is 2.50. The minimum Gasteiger partial charge on any atom is -0.322 e. The van der Waals surface area contributed by atoms with Gasteiger partial charge in [0.05, 0.1) is 10.6 Å². The van der Waals surface area contributed by atoms with Gasteiger partial charge in [0.1, 0.15) is 0 Å². The normalized spacial score (nSPS) is 12.9. The Balaban J connectivity index is 1.61. The zero-order valence-electron chi connectivity index (χ0n) is 14.8. The lowest BCUT2D eigenvalue weighted by atomic mass is 10.0. The van der Waals surface area contributed by atoms with Crippen molar-refractivity contribution in [1.29, 1.82) is 0 Å². The quantitative estimate of drug-likeness (QED) is 0.394. The number of hydrogen-bond acceptors (Lipinski definition) is 5. The van der Waals surface area contributed by atoms with Crippen LogP contribution in [0.1, 0.15) is 22.2 Å². The summed E-state index contributed by atoms with van der Waals surface area (Å²) in [6, 6.07) is 12.1. The molecule has 2 aromatic carbocycles. The molecular weight excluding hydrogens is 378 g/mol. The Morgan fingerprint density at radius 2 is 2.07 bits per heavy atom. The van der Waals surface area contributed by atoms with Crippen LogP contribution < -0.4 is 10.2 Å². The van der Waals surface area contributed by atoms with Gasteiger partial charge in [-0.25, -0.2) is 0 Å². The van der Waals surface area contributed by atoms with Crippen molar-refractivity contribution in [2.75, 3.05) is 16.8 Å². The topological polar surface area (TPSA) is 92.6 Å². The van der Waals surface area contributed by atoms with Crippen LogP contribution in [0.15, 0.2) is 48.5 Å². The Kier molecular flexibility index (Phi) is 4.40. The van der Waals surface area contributed by atoms with Crippen molar-refractivity contribution >= 4 is 56.4 Å². The maximum atomic E-state index is 12.5. The average molecular weight is 393 g/mol. The molecule has 7 nitrogen and oxygen atoms in total. The summed E-state index contributed by atoms with van der Waals surface area (Å²) in [5, 5.41) is 15.2. The Morgan fingerprint density at radius 3 is 2.79 bits per heavy atom. The van der Waals surface area contributed by atoms with Gasteiger partial charge < -0.3 is 10.2 Å². The first-order valence-electron chi connectivity index (χ1n) is 8.60. The number of hydrogen-bond donors (Lipinski definition) is 1. The molecule has 4 rings (SSSR count). The van der Waals surface area contributed by atoms with Crippen LogP contribution in [-0.2, 0) is 4.79 Å². The molecule has 0 unspecified atom stereocenters. The van der Waals surface area contributed by atoms with Gasteiger partial charge >= 0.3 is 5.00 Å². The number of rotatable bonds is 5. The lowest BCUT2D eigenvalue weighted by molar-refractivity contribution is -0.380. The van der Waals surface area contributed by atoms with E-state index in [1.807, 2.05) is 19.1 Å². The maximum absolute atomic E-state index is 12.5. The van der Waals surface area contributed by atoms with Gasteiger partial charge in [0, 0.05) is 45.6 Å². The van der Waals surface area contributed by atoms with Gasteiger partial charge in [0.15, 0.2) is 0 Å². The highest BCUT2D eigenvalue weighted by atomic mass is 32.1. The van der Waals surface area contributed by atoms with Gasteiger partial charge in [-0.1, -0.05) is 23.5 Å². The van der Waals surface area contributed by atoms with Gasteiger partial charge in [-0.3, -0.25) is 19.7 Å². The van der Waals surface area contributed by atoms with Crippen molar-refractivity contribution in [3.8, 4) is 0 Å². The van der Waals surface area contributed by atoms with Crippen LogP contribution in [-0.4, -0.2) is 23.3 Å². The number of nitro groups is 1. The van der Waals surface area contributed by atoms with Gasteiger partial charge in [-0.15, -0.1) is 0 Å². The largest absolute Gasteiger partial charge is 0.324 e. The molecule has 0 saturated heterocycles. The van der Waals surface area contributed by atoms with Crippen LogP contribution in [0.2, 0.25) is 0 Å². The third kappa shape index (κ3) is 2.93.